The molecule has 1 aliphatic heterocycles. The lowest BCUT2D eigenvalue weighted by Crippen LogP contribution is -2.39. The Bertz CT molecular complexity index is 742. The molecule has 0 radical (unpaired) electrons. The van der Waals surface area contributed by atoms with Gasteiger partial charge in [0, 0.05) is 9.13 Å². The molecule has 0 spiro atoms. The van der Waals surface area contributed by atoms with E-state index in [1.54, 1.807) is 18.2 Å². The Morgan fingerprint density at radius 2 is 2.05 bits per heavy atom. The maximum atomic E-state index is 12.0. The number of benzene rings is 1. The minimum Gasteiger partial charge on any atom is -0.268 e. The van der Waals surface area contributed by atoms with Crippen LogP contribution >= 0.6 is 22.6 Å². The van der Waals surface area contributed by atoms with Gasteiger partial charge in [0.2, 0.25) is 10.0 Å². The Labute approximate surface area is 131 Å². The Balaban J connectivity index is 2.15. The topological polar surface area (TPSA) is 97.4 Å². The molecule has 0 aliphatic carbocycles. The average molecular weight is 429 g/mol. The van der Waals surface area contributed by atoms with Crippen LogP contribution in [0.3, 0.4) is 0 Å². The fourth-order valence-electron chi connectivity index (χ4n) is 1.91. The van der Waals surface area contributed by atoms with Crippen LogP contribution in [0, 0.1) is 3.57 Å². The van der Waals surface area contributed by atoms with E-state index in [0.717, 1.165) is 3.57 Å². The molecule has 0 saturated carbocycles. The van der Waals surface area contributed by atoms with Gasteiger partial charge in [-0.3, -0.25) is 4.79 Å². The van der Waals surface area contributed by atoms with Crippen molar-refractivity contribution in [2.45, 2.75) is 11.7 Å². The zero-order chi connectivity index (χ0) is 15.0. The summed E-state index contributed by atoms with van der Waals surface area (Å²) in [5.74, 6) is -1.33. The number of sulfonamides is 1. The molecule has 1 aliphatic rings. The molecule has 110 valence electrons. The molecule has 1 unspecified atom stereocenters. The van der Waals surface area contributed by atoms with E-state index in [1.165, 1.54) is 6.07 Å². The first-order valence-electron chi connectivity index (χ1n) is 5.71. The number of rotatable bonds is 3. The lowest BCUT2D eigenvalue weighted by Gasteiger charge is -2.11. The smallest absolute Gasteiger partial charge is 0.264 e. The number of hydrogen-bond donors (Lipinski definition) is 1. The van der Waals surface area contributed by atoms with Crippen LogP contribution in [0.25, 0.3) is 0 Å². The maximum absolute atomic E-state index is 12.0. The number of nitrogens with one attached hydrogen (secondary N) is 1. The highest BCUT2D eigenvalue weighted by atomic mass is 127. The van der Waals surface area contributed by atoms with Crippen molar-refractivity contribution in [3.8, 4) is 0 Å². The van der Waals surface area contributed by atoms with Gasteiger partial charge in [0.15, 0.2) is 9.84 Å². The van der Waals surface area contributed by atoms with E-state index < -0.39 is 36.8 Å². The summed E-state index contributed by atoms with van der Waals surface area (Å²) in [6.07, 6.45) is 0.0251. The Kier molecular flexibility index (Phi) is 4.40. The van der Waals surface area contributed by atoms with Crippen molar-refractivity contribution < 1.29 is 21.6 Å². The lowest BCUT2D eigenvalue weighted by atomic mass is 10.2. The molecule has 2 rings (SSSR count). The molecule has 1 atom stereocenters. The quantitative estimate of drug-likeness (QED) is 0.708. The summed E-state index contributed by atoms with van der Waals surface area (Å²) in [6.45, 7) is 0. The number of amides is 1. The van der Waals surface area contributed by atoms with Gasteiger partial charge in [-0.15, -0.1) is 0 Å². The molecule has 1 aromatic rings. The second-order valence-electron chi connectivity index (χ2n) is 4.51. The van der Waals surface area contributed by atoms with E-state index in [1.807, 2.05) is 27.3 Å². The summed E-state index contributed by atoms with van der Waals surface area (Å²) in [5, 5.41) is -1.06. The van der Waals surface area contributed by atoms with Gasteiger partial charge in [-0.1, -0.05) is 6.07 Å². The SMILES string of the molecule is O=C(NS(=O)(=O)C1CCS(=O)(=O)C1)c1cccc(I)c1. The molecule has 1 N–H and O–H groups in total. The minimum absolute atomic E-state index is 0.0251. The largest absolute Gasteiger partial charge is 0.268 e. The molecule has 1 fully saturated rings. The van der Waals surface area contributed by atoms with Crippen LogP contribution in [0.1, 0.15) is 16.8 Å². The molecule has 0 aromatic heterocycles. The van der Waals surface area contributed by atoms with Gasteiger partial charge in [0.25, 0.3) is 5.91 Å². The first-order chi connectivity index (χ1) is 9.20. The van der Waals surface area contributed by atoms with Gasteiger partial charge >= 0.3 is 0 Å². The molecular weight excluding hydrogens is 417 g/mol. The van der Waals surface area contributed by atoms with E-state index in [2.05, 4.69) is 0 Å². The molecule has 9 heteroatoms. The summed E-state index contributed by atoms with van der Waals surface area (Å²) >= 11 is 2.01. The monoisotopic (exact) mass is 429 g/mol. The number of hydrogen-bond acceptors (Lipinski definition) is 5. The Morgan fingerprint density at radius 3 is 2.60 bits per heavy atom. The molecule has 1 amide bonds. The third-order valence-electron chi connectivity index (χ3n) is 2.95. The molecule has 1 heterocycles. The van der Waals surface area contributed by atoms with Gasteiger partial charge in [-0.25, -0.2) is 21.6 Å². The third-order valence-corrected chi connectivity index (χ3v) is 7.35. The number of carbonyl (C=O) groups is 1. The predicted molar refractivity (Wildman–Crippen MR) is 82.6 cm³/mol. The minimum atomic E-state index is -3.97. The number of halogens is 1. The lowest BCUT2D eigenvalue weighted by molar-refractivity contribution is 0.0981. The summed E-state index contributed by atoms with van der Waals surface area (Å²) in [5.41, 5.74) is 0.223. The van der Waals surface area contributed by atoms with E-state index in [-0.39, 0.29) is 17.7 Å². The van der Waals surface area contributed by atoms with Gasteiger partial charge in [0.1, 0.15) is 0 Å². The van der Waals surface area contributed by atoms with Crippen LogP contribution in [0.2, 0.25) is 0 Å². The van der Waals surface area contributed by atoms with Crippen LogP contribution in [-0.2, 0) is 19.9 Å². The van der Waals surface area contributed by atoms with Crippen molar-refractivity contribution in [2.75, 3.05) is 11.5 Å². The van der Waals surface area contributed by atoms with Gasteiger partial charge in [-0.2, -0.15) is 0 Å². The highest BCUT2D eigenvalue weighted by molar-refractivity contribution is 14.1. The Morgan fingerprint density at radius 1 is 1.35 bits per heavy atom. The van der Waals surface area contributed by atoms with Crippen molar-refractivity contribution in [3.63, 3.8) is 0 Å². The normalized spacial score (nSPS) is 21.6. The van der Waals surface area contributed by atoms with Crippen molar-refractivity contribution in [3.05, 3.63) is 33.4 Å². The second-order valence-corrected chi connectivity index (χ2v) is 9.95. The number of carbonyl (C=O) groups excluding carboxylic acids is 1. The van der Waals surface area contributed by atoms with Crippen LogP contribution in [-0.4, -0.2) is 39.5 Å². The van der Waals surface area contributed by atoms with Crippen molar-refractivity contribution in [2.24, 2.45) is 0 Å². The summed E-state index contributed by atoms with van der Waals surface area (Å²) in [7, 11) is -7.29. The molecule has 6 nitrogen and oxygen atoms in total. The highest BCUT2D eigenvalue weighted by Crippen LogP contribution is 2.18. The zero-order valence-electron chi connectivity index (χ0n) is 10.2. The van der Waals surface area contributed by atoms with Gasteiger partial charge in [-0.05, 0) is 47.2 Å². The predicted octanol–water partition coefficient (Wildman–Crippen LogP) is 0.538. The molecule has 1 aromatic carbocycles. The first-order valence-corrected chi connectivity index (χ1v) is 10.2. The first kappa shape index (κ1) is 15.7. The van der Waals surface area contributed by atoms with E-state index >= 15 is 0 Å². The summed E-state index contributed by atoms with van der Waals surface area (Å²) < 4.78 is 49.3. The van der Waals surface area contributed by atoms with Crippen molar-refractivity contribution in [1.82, 2.24) is 4.72 Å². The second kappa shape index (κ2) is 5.60. The summed E-state index contributed by atoms with van der Waals surface area (Å²) in [4.78, 5) is 11.9. The number of sulfone groups is 1. The fourth-order valence-corrected chi connectivity index (χ4v) is 6.45. The Hall–Kier alpha value is -0.680. The van der Waals surface area contributed by atoms with Crippen molar-refractivity contribution in [1.29, 1.82) is 0 Å². The maximum Gasteiger partial charge on any atom is 0.264 e. The van der Waals surface area contributed by atoms with Crippen LogP contribution in [0.15, 0.2) is 24.3 Å². The zero-order valence-corrected chi connectivity index (χ0v) is 14.0. The molecule has 1 saturated heterocycles. The van der Waals surface area contributed by atoms with Crippen LogP contribution < -0.4 is 4.72 Å². The highest BCUT2D eigenvalue weighted by Gasteiger charge is 2.38. The average Bonchev–Trinajstić information content (AvgIpc) is 2.70. The third kappa shape index (κ3) is 3.70. The van der Waals surface area contributed by atoms with E-state index in [9.17, 15) is 21.6 Å². The standard InChI is InChI=1S/C11H12INO5S2/c12-9-3-1-2-8(6-9)11(14)13-20(17,18)10-4-5-19(15,16)7-10/h1-3,6,10H,4-5,7H2,(H,13,14). The fraction of sp³-hybridized carbons (Fsp3) is 0.364. The molecular formula is C11H12INO5S2. The van der Waals surface area contributed by atoms with Crippen LogP contribution in [0.5, 0.6) is 0 Å². The van der Waals surface area contributed by atoms with E-state index in [0.29, 0.717) is 0 Å². The van der Waals surface area contributed by atoms with Crippen molar-refractivity contribution >= 4 is 48.4 Å². The van der Waals surface area contributed by atoms with E-state index in [4.69, 9.17) is 0 Å². The summed E-state index contributed by atoms with van der Waals surface area (Å²) in [6, 6.07) is 6.47. The van der Waals surface area contributed by atoms with Gasteiger partial charge < -0.3 is 0 Å². The van der Waals surface area contributed by atoms with Gasteiger partial charge in [0.05, 0.1) is 16.8 Å². The molecule has 0 bridgehead atoms. The molecule has 20 heavy (non-hydrogen) atoms. The van der Waals surface area contributed by atoms with Crippen LogP contribution in [0.4, 0.5) is 0 Å².